The highest BCUT2D eigenvalue weighted by molar-refractivity contribution is 7.99. The molecule has 2 rings (SSSR count). The van der Waals surface area contributed by atoms with Crippen LogP contribution in [0.2, 0.25) is 0 Å². The molecule has 0 spiro atoms. The van der Waals surface area contributed by atoms with E-state index in [1.165, 1.54) is 69.7 Å². The molecule has 1 heterocycles. The maximum atomic E-state index is 3.82. The molecule has 0 amide bonds. The van der Waals surface area contributed by atoms with Crippen LogP contribution in [0, 0.1) is 5.92 Å². The minimum Gasteiger partial charge on any atom is -0.311 e. The summed E-state index contributed by atoms with van der Waals surface area (Å²) in [5.74, 6) is 3.55. The molecule has 1 aliphatic carbocycles. The van der Waals surface area contributed by atoms with Gasteiger partial charge in [-0.1, -0.05) is 26.2 Å². The average Bonchev–Trinajstić information content (AvgIpc) is 2.46. The van der Waals surface area contributed by atoms with Crippen LogP contribution in [0.1, 0.15) is 52.4 Å². The Balaban J connectivity index is 1.74. The van der Waals surface area contributed by atoms with E-state index in [0.717, 1.165) is 18.0 Å². The summed E-state index contributed by atoms with van der Waals surface area (Å²) in [4.78, 5) is 2.74. The maximum absolute atomic E-state index is 3.82. The van der Waals surface area contributed by atoms with Crippen molar-refractivity contribution in [3.05, 3.63) is 0 Å². The Hall–Kier alpha value is 0.270. The lowest BCUT2D eigenvalue weighted by Crippen LogP contribution is -2.58. The number of rotatable bonds is 6. The fourth-order valence-corrected chi connectivity index (χ4v) is 4.25. The lowest BCUT2D eigenvalue weighted by Gasteiger charge is -2.43. The summed E-state index contributed by atoms with van der Waals surface area (Å²) in [6.45, 7) is 8.44. The second kappa shape index (κ2) is 8.53. The van der Waals surface area contributed by atoms with Gasteiger partial charge in [-0.2, -0.15) is 11.8 Å². The third-order valence-electron chi connectivity index (χ3n) is 4.89. The van der Waals surface area contributed by atoms with Crippen molar-refractivity contribution in [3.63, 3.8) is 0 Å². The number of nitrogens with one attached hydrogen (secondary N) is 1. The zero-order chi connectivity index (χ0) is 13.5. The highest BCUT2D eigenvalue weighted by Gasteiger charge is 2.30. The van der Waals surface area contributed by atoms with E-state index in [0.29, 0.717) is 0 Å². The molecule has 2 fully saturated rings. The van der Waals surface area contributed by atoms with Crippen molar-refractivity contribution in [2.24, 2.45) is 5.92 Å². The van der Waals surface area contributed by atoms with Crippen molar-refractivity contribution in [2.45, 2.75) is 64.5 Å². The molecular weight excluding hydrogens is 252 g/mol. The molecule has 2 aliphatic rings. The molecule has 0 aromatic heterocycles. The second-order valence-corrected chi connectivity index (χ2v) is 7.70. The first kappa shape index (κ1) is 15.7. The van der Waals surface area contributed by atoms with E-state index in [1.54, 1.807) is 0 Å². The smallest absolute Gasteiger partial charge is 0.0224 e. The molecule has 1 saturated heterocycles. The quantitative estimate of drug-likeness (QED) is 0.753. The number of hydrogen-bond donors (Lipinski definition) is 1. The third kappa shape index (κ3) is 4.95. The average molecular weight is 285 g/mol. The molecule has 112 valence electrons. The Morgan fingerprint density at radius 3 is 2.74 bits per heavy atom. The van der Waals surface area contributed by atoms with Gasteiger partial charge >= 0.3 is 0 Å². The van der Waals surface area contributed by atoms with Crippen molar-refractivity contribution < 1.29 is 0 Å². The lowest BCUT2D eigenvalue weighted by atomic mass is 9.82. The maximum Gasteiger partial charge on any atom is 0.0224 e. The van der Waals surface area contributed by atoms with Gasteiger partial charge in [-0.25, -0.2) is 0 Å². The SMILES string of the molecule is CCSCCCN1CC(C2CCCCC2)NCC1C. The molecule has 19 heavy (non-hydrogen) atoms. The zero-order valence-electron chi connectivity index (χ0n) is 12.9. The topological polar surface area (TPSA) is 15.3 Å². The van der Waals surface area contributed by atoms with E-state index in [9.17, 15) is 0 Å². The van der Waals surface area contributed by atoms with Crippen molar-refractivity contribution in [1.29, 1.82) is 0 Å². The molecule has 0 aromatic rings. The molecule has 2 unspecified atom stereocenters. The van der Waals surface area contributed by atoms with Crippen LogP contribution in [-0.4, -0.2) is 48.1 Å². The van der Waals surface area contributed by atoms with Gasteiger partial charge in [-0.15, -0.1) is 0 Å². The van der Waals surface area contributed by atoms with Gasteiger partial charge < -0.3 is 5.32 Å². The predicted molar refractivity (Wildman–Crippen MR) is 87.0 cm³/mol. The Bertz CT molecular complexity index is 241. The summed E-state index contributed by atoms with van der Waals surface area (Å²) in [5, 5.41) is 3.82. The van der Waals surface area contributed by atoms with Gasteiger partial charge in [-0.05, 0) is 50.2 Å². The van der Waals surface area contributed by atoms with E-state index in [1.807, 2.05) is 0 Å². The van der Waals surface area contributed by atoms with Crippen molar-refractivity contribution in [1.82, 2.24) is 10.2 Å². The number of nitrogens with zero attached hydrogens (tertiary/aromatic N) is 1. The van der Waals surface area contributed by atoms with Crippen molar-refractivity contribution >= 4 is 11.8 Å². The molecule has 1 N–H and O–H groups in total. The van der Waals surface area contributed by atoms with Gasteiger partial charge in [0.2, 0.25) is 0 Å². The third-order valence-corrected chi connectivity index (χ3v) is 5.87. The predicted octanol–water partition coefficient (Wildman–Crippen LogP) is 3.37. The molecule has 2 atom stereocenters. The first-order chi connectivity index (χ1) is 9.31. The Morgan fingerprint density at radius 2 is 2.00 bits per heavy atom. The molecular formula is C16H32N2S. The van der Waals surface area contributed by atoms with E-state index >= 15 is 0 Å². The lowest BCUT2D eigenvalue weighted by molar-refractivity contribution is 0.105. The standard InChI is InChI=1S/C16H32N2S/c1-3-19-11-7-10-18-13-16(17-12-14(18)2)15-8-5-4-6-9-15/h14-17H,3-13H2,1-2H3. The molecule has 0 bridgehead atoms. The van der Waals surface area contributed by atoms with Gasteiger partial charge in [0.1, 0.15) is 0 Å². The Labute approximate surface area is 124 Å². The first-order valence-corrected chi connectivity index (χ1v) is 9.52. The van der Waals surface area contributed by atoms with Gasteiger partial charge in [0.05, 0.1) is 0 Å². The minimum absolute atomic E-state index is 0.728. The Kier molecular flexibility index (Phi) is 7.03. The van der Waals surface area contributed by atoms with E-state index in [-0.39, 0.29) is 0 Å². The molecule has 2 nitrogen and oxygen atoms in total. The summed E-state index contributed by atoms with van der Waals surface area (Å²) in [7, 11) is 0. The van der Waals surface area contributed by atoms with Crippen LogP contribution in [0.3, 0.4) is 0 Å². The highest BCUT2D eigenvalue weighted by atomic mass is 32.2. The fourth-order valence-electron chi connectivity index (χ4n) is 3.63. The van der Waals surface area contributed by atoms with Gasteiger partial charge in [0, 0.05) is 25.2 Å². The minimum atomic E-state index is 0.728. The molecule has 0 aromatic carbocycles. The summed E-state index contributed by atoms with van der Waals surface area (Å²) in [6.07, 6.45) is 8.69. The molecule has 1 aliphatic heterocycles. The van der Waals surface area contributed by atoms with E-state index in [4.69, 9.17) is 0 Å². The summed E-state index contributed by atoms with van der Waals surface area (Å²) < 4.78 is 0. The van der Waals surface area contributed by atoms with Crippen LogP contribution in [0.4, 0.5) is 0 Å². The fraction of sp³-hybridized carbons (Fsp3) is 1.00. The van der Waals surface area contributed by atoms with Crippen LogP contribution >= 0.6 is 11.8 Å². The molecule has 3 heteroatoms. The summed E-state index contributed by atoms with van der Waals surface area (Å²) >= 11 is 2.08. The van der Waals surface area contributed by atoms with E-state index < -0.39 is 0 Å². The number of piperazine rings is 1. The van der Waals surface area contributed by atoms with Crippen LogP contribution < -0.4 is 5.32 Å². The van der Waals surface area contributed by atoms with Crippen LogP contribution in [0.15, 0.2) is 0 Å². The van der Waals surface area contributed by atoms with E-state index in [2.05, 4.69) is 35.8 Å². The monoisotopic (exact) mass is 284 g/mol. The van der Waals surface area contributed by atoms with Crippen LogP contribution in [0.5, 0.6) is 0 Å². The Morgan fingerprint density at radius 1 is 1.21 bits per heavy atom. The molecule has 1 saturated carbocycles. The van der Waals surface area contributed by atoms with Crippen molar-refractivity contribution in [3.8, 4) is 0 Å². The summed E-state index contributed by atoms with van der Waals surface area (Å²) in [6, 6.07) is 1.50. The molecule has 0 radical (unpaired) electrons. The largest absolute Gasteiger partial charge is 0.311 e. The van der Waals surface area contributed by atoms with Crippen LogP contribution in [0.25, 0.3) is 0 Å². The van der Waals surface area contributed by atoms with Crippen molar-refractivity contribution in [2.75, 3.05) is 31.1 Å². The van der Waals surface area contributed by atoms with Gasteiger partial charge in [0.25, 0.3) is 0 Å². The highest BCUT2D eigenvalue weighted by Crippen LogP contribution is 2.28. The summed E-state index contributed by atoms with van der Waals surface area (Å²) in [5.41, 5.74) is 0. The second-order valence-electron chi connectivity index (χ2n) is 6.31. The zero-order valence-corrected chi connectivity index (χ0v) is 13.7. The van der Waals surface area contributed by atoms with Gasteiger partial charge in [0.15, 0.2) is 0 Å². The van der Waals surface area contributed by atoms with Crippen LogP contribution in [-0.2, 0) is 0 Å². The number of thioether (sulfide) groups is 1. The van der Waals surface area contributed by atoms with Gasteiger partial charge in [-0.3, -0.25) is 4.90 Å². The normalized spacial score (nSPS) is 30.6. The number of hydrogen-bond acceptors (Lipinski definition) is 3. The first-order valence-electron chi connectivity index (χ1n) is 8.36.